The van der Waals surface area contributed by atoms with Gasteiger partial charge in [-0.15, -0.1) is 0 Å². The van der Waals surface area contributed by atoms with Crippen LogP contribution < -0.4 is 16.8 Å². The minimum absolute atomic E-state index is 0.0601. The molecule has 0 saturated heterocycles. The number of nitrogen functional groups attached to an aromatic ring is 1. The highest BCUT2D eigenvalue weighted by Gasteiger charge is 2.46. The Balaban J connectivity index is 1.97. The molecule has 2 aromatic rings. The Morgan fingerprint density at radius 3 is 2.71 bits per heavy atom. The first-order chi connectivity index (χ1) is 13.2. The molecule has 1 aliphatic rings. The number of alkyl halides is 2. The molecule has 0 unspecified atom stereocenters. The summed E-state index contributed by atoms with van der Waals surface area (Å²) in [6.45, 7) is -0.679. The molecule has 28 heavy (non-hydrogen) atoms. The number of aliphatic imine (C=N–C) groups is 1. The number of rotatable bonds is 4. The van der Waals surface area contributed by atoms with E-state index in [0.29, 0.717) is 4.47 Å². The second kappa shape index (κ2) is 7.76. The summed E-state index contributed by atoms with van der Waals surface area (Å²) in [5.74, 6) is -1.79. The highest BCUT2D eigenvalue weighted by Crippen LogP contribution is 2.38. The third-order valence-corrected chi connectivity index (χ3v) is 4.50. The molecular formula is C17H15BrF3N5O2. The van der Waals surface area contributed by atoms with E-state index in [4.69, 9.17) is 16.2 Å². The van der Waals surface area contributed by atoms with Crippen molar-refractivity contribution in [2.75, 3.05) is 24.3 Å². The molecule has 0 saturated carbocycles. The summed E-state index contributed by atoms with van der Waals surface area (Å²) in [6.07, 6.45) is -1.71. The number of anilines is 2. The van der Waals surface area contributed by atoms with Gasteiger partial charge in [0, 0.05) is 21.9 Å². The Bertz CT molecular complexity index is 956. The van der Waals surface area contributed by atoms with Crippen LogP contribution in [0.25, 0.3) is 0 Å². The average molecular weight is 458 g/mol. The van der Waals surface area contributed by atoms with Crippen LogP contribution in [0.1, 0.15) is 16.1 Å². The number of carbonyl (C=O) groups is 1. The topological polar surface area (TPSA) is 116 Å². The number of pyridine rings is 1. The predicted molar refractivity (Wildman–Crippen MR) is 101 cm³/mol. The van der Waals surface area contributed by atoms with Gasteiger partial charge in [-0.2, -0.15) is 0 Å². The number of aromatic nitrogens is 1. The number of benzene rings is 1. The van der Waals surface area contributed by atoms with Gasteiger partial charge in [-0.05, 0) is 40.2 Å². The lowest BCUT2D eigenvalue weighted by molar-refractivity contribution is -0.0145. The first kappa shape index (κ1) is 20.1. The summed E-state index contributed by atoms with van der Waals surface area (Å²) in [6, 6.07) is 4.73. The molecule has 1 aromatic carbocycles. The van der Waals surface area contributed by atoms with Crippen molar-refractivity contribution in [2.24, 2.45) is 10.7 Å². The monoisotopic (exact) mass is 457 g/mol. The summed E-state index contributed by atoms with van der Waals surface area (Å²) in [5, 5.41) is 2.46. The maximum Gasteiger partial charge on any atom is 0.276 e. The third kappa shape index (κ3) is 3.80. The van der Waals surface area contributed by atoms with Crippen LogP contribution in [0.15, 0.2) is 39.9 Å². The lowest BCUT2D eigenvalue weighted by atomic mass is 9.90. The Morgan fingerprint density at radius 1 is 1.32 bits per heavy atom. The average Bonchev–Trinajstić information content (AvgIpc) is 2.62. The smallest absolute Gasteiger partial charge is 0.276 e. The van der Waals surface area contributed by atoms with Crippen LogP contribution in [0.4, 0.5) is 24.5 Å². The van der Waals surface area contributed by atoms with Gasteiger partial charge in [-0.3, -0.25) is 9.79 Å². The van der Waals surface area contributed by atoms with E-state index in [9.17, 15) is 18.0 Å². The number of hydrogen-bond donors (Lipinski definition) is 3. The first-order valence-electron chi connectivity index (χ1n) is 7.95. The minimum Gasteiger partial charge on any atom is -0.397 e. The van der Waals surface area contributed by atoms with Gasteiger partial charge in [0.1, 0.15) is 18.3 Å². The number of carbonyl (C=O) groups excluding carboxylic acids is 1. The highest BCUT2D eigenvalue weighted by atomic mass is 79.9. The molecule has 1 atom stereocenters. The van der Waals surface area contributed by atoms with Gasteiger partial charge in [0.15, 0.2) is 11.2 Å². The molecule has 2 heterocycles. The normalized spacial score (nSPS) is 19.4. The first-order valence-corrected chi connectivity index (χ1v) is 8.75. The maximum atomic E-state index is 14.4. The number of amides is 1. The third-order valence-electron chi connectivity index (χ3n) is 4.07. The van der Waals surface area contributed by atoms with Crippen LogP contribution in [-0.4, -0.2) is 36.4 Å². The fraction of sp³-hybridized carbons (Fsp3) is 0.235. The molecule has 3 rings (SSSR count). The zero-order valence-electron chi connectivity index (χ0n) is 14.3. The van der Waals surface area contributed by atoms with E-state index in [1.165, 1.54) is 18.3 Å². The van der Waals surface area contributed by atoms with Crippen LogP contribution in [0, 0.1) is 5.82 Å². The van der Waals surface area contributed by atoms with Gasteiger partial charge < -0.3 is 21.5 Å². The minimum atomic E-state index is -3.09. The van der Waals surface area contributed by atoms with Crippen molar-refractivity contribution in [1.82, 2.24) is 4.98 Å². The molecule has 0 bridgehead atoms. The van der Waals surface area contributed by atoms with Crippen LogP contribution in [0.2, 0.25) is 0 Å². The fourth-order valence-electron chi connectivity index (χ4n) is 2.77. The molecule has 5 N–H and O–H groups in total. The van der Waals surface area contributed by atoms with Gasteiger partial charge in [0.05, 0.1) is 12.3 Å². The zero-order valence-corrected chi connectivity index (χ0v) is 15.8. The number of nitrogens with zero attached hydrogens (tertiary/aromatic N) is 2. The van der Waals surface area contributed by atoms with Gasteiger partial charge >= 0.3 is 0 Å². The van der Waals surface area contributed by atoms with Gasteiger partial charge in [0.2, 0.25) is 0 Å². The molecular weight excluding hydrogens is 443 g/mol. The number of amidine groups is 1. The Morgan fingerprint density at radius 2 is 2.07 bits per heavy atom. The number of ether oxygens (including phenoxy) is 1. The molecule has 11 heteroatoms. The van der Waals surface area contributed by atoms with Crippen LogP contribution in [0.3, 0.4) is 0 Å². The molecule has 0 aliphatic carbocycles. The number of nitrogens with two attached hydrogens (primary N) is 2. The van der Waals surface area contributed by atoms with Crippen LogP contribution in [0.5, 0.6) is 0 Å². The predicted octanol–water partition coefficient (Wildman–Crippen LogP) is 2.67. The standard InChI is InChI=1S/C17H15BrF3N5O2/c18-8-3-12(22)14(24-5-8)15(27)25-9-1-2-11(19)10(4-9)17(16(20)21)7-28-6-13(23)26-17/h1-5,16H,6-7,22H2,(H2,23,26)(H,25,27)/t17-/m0/s1. The Kier molecular flexibility index (Phi) is 5.57. The highest BCUT2D eigenvalue weighted by molar-refractivity contribution is 9.10. The van der Waals surface area contributed by atoms with E-state index in [2.05, 4.69) is 31.2 Å². The maximum absolute atomic E-state index is 14.4. The Labute approximate surface area is 166 Å². The van der Waals surface area contributed by atoms with E-state index in [1.807, 2.05) is 0 Å². The summed E-state index contributed by atoms with van der Waals surface area (Å²) in [5.41, 5.74) is 8.65. The number of halogens is 4. The van der Waals surface area contributed by atoms with Gasteiger partial charge in [0.25, 0.3) is 12.3 Å². The van der Waals surface area contributed by atoms with Crippen molar-refractivity contribution in [2.45, 2.75) is 12.0 Å². The lowest BCUT2D eigenvalue weighted by Gasteiger charge is -2.33. The summed E-state index contributed by atoms with van der Waals surface area (Å²) in [7, 11) is 0. The van der Waals surface area contributed by atoms with Crippen molar-refractivity contribution < 1.29 is 22.7 Å². The molecule has 148 valence electrons. The van der Waals surface area contributed by atoms with E-state index >= 15 is 0 Å². The quantitative estimate of drug-likeness (QED) is 0.652. The van der Waals surface area contributed by atoms with Crippen molar-refractivity contribution in [3.05, 3.63) is 52.0 Å². The van der Waals surface area contributed by atoms with Crippen LogP contribution in [-0.2, 0) is 10.3 Å². The largest absolute Gasteiger partial charge is 0.397 e. The number of hydrogen-bond acceptors (Lipinski definition) is 6. The zero-order chi connectivity index (χ0) is 20.5. The summed E-state index contributed by atoms with van der Waals surface area (Å²) < 4.78 is 47.7. The SMILES string of the molecule is NC1=N[C@@](c2cc(NC(=O)c3ncc(Br)cc3N)ccc2F)(C(F)F)COC1. The van der Waals surface area contributed by atoms with Crippen molar-refractivity contribution in [3.63, 3.8) is 0 Å². The van der Waals surface area contributed by atoms with E-state index < -0.39 is 35.9 Å². The van der Waals surface area contributed by atoms with Crippen LogP contribution >= 0.6 is 15.9 Å². The molecule has 0 spiro atoms. The van der Waals surface area contributed by atoms with Crippen molar-refractivity contribution in [1.29, 1.82) is 0 Å². The second-order valence-corrected chi connectivity index (χ2v) is 6.98. The van der Waals surface area contributed by atoms with Crippen molar-refractivity contribution >= 4 is 39.0 Å². The molecule has 0 radical (unpaired) electrons. The van der Waals surface area contributed by atoms with Gasteiger partial charge in [-0.25, -0.2) is 18.2 Å². The van der Waals surface area contributed by atoms with Crippen molar-refractivity contribution in [3.8, 4) is 0 Å². The Hall–Kier alpha value is -2.66. The summed E-state index contributed by atoms with van der Waals surface area (Å²) >= 11 is 3.18. The fourth-order valence-corrected chi connectivity index (χ4v) is 3.12. The van der Waals surface area contributed by atoms with E-state index in [1.54, 1.807) is 0 Å². The van der Waals surface area contributed by atoms with E-state index in [0.717, 1.165) is 12.1 Å². The molecule has 1 aromatic heterocycles. The molecule has 0 fully saturated rings. The molecule has 1 aliphatic heterocycles. The second-order valence-electron chi connectivity index (χ2n) is 6.06. The molecule has 7 nitrogen and oxygen atoms in total. The lowest BCUT2D eigenvalue weighted by Crippen LogP contribution is -2.45. The van der Waals surface area contributed by atoms with E-state index in [-0.39, 0.29) is 29.5 Å². The molecule has 1 amide bonds. The van der Waals surface area contributed by atoms with Gasteiger partial charge in [-0.1, -0.05) is 0 Å². The summed E-state index contributed by atoms with van der Waals surface area (Å²) in [4.78, 5) is 20.1. The number of nitrogens with one attached hydrogen (secondary N) is 1.